The zero-order valence-electron chi connectivity index (χ0n) is 13.6. The number of hydrogen-bond acceptors (Lipinski definition) is 5. The molecule has 0 saturated heterocycles. The van der Waals surface area contributed by atoms with E-state index in [1.165, 1.54) is 41.4 Å². The molecule has 130 valence electrons. The van der Waals surface area contributed by atoms with E-state index in [0.717, 1.165) is 4.70 Å². The Hall–Kier alpha value is -3.06. The average molecular weight is 368 g/mol. The number of carbonyl (C=O) groups excluding carboxylic acids is 2. The van der Waals surface area contributed by atoms with Gasteiger partial charge in [-0.3, -0.25) is 14.5 Å². The Kier molecular flexibility index (Phi) is 3.81. The van der Waals surface area contributed by atoms with Crippen LogP contribution in [0.4, 0.5) is 9.52 Å². The Morgan fingerprint density at radius 2 is 1.88 bits per heavy atom. The summed E-state index contributed by atoms with van der Waals surface area (Å²) in [7, 11) is 0. The van der Waals surface area contributed by atoms with Gasteiger partial charge in [0.2, 0.25) is 0 Å². The lowest BCUT2D eigenvalue weighted by molar-refractivity contribution is -0.117. The first-order valence-electron chi connectivity index (χ1n) is 7.86. The summed E-state index contributed by atoms with van der Waals surface area (Å²) in [5.74, 6) is -2.48. The van der Waals surface area contributed by atoms with E-state index in [2.05, 4.69) is 4.98 Å². The van der Waals surface area contributed by atoms with Crippen LogP contribution < -0.4 is 4.90 Å². The number of nitrogens with zero attached hydrogens (tertiary/aromatic N) is 2. The Labute approximate surface area is 152 Å². The number of thiazole rings is 1. The van der Waals surface area contributed by atoms with Crippen LogP contribution in [0.1, 0.15) is 18.5 Å². The molecule has 1 amide bonds. The van der Waals surface area contributed by atoms with Gasteiger partial charge in [-0.05, 0) is 25.1 Å². The Bertz CT molecular complexity index is 1060. The van der Waals surface area contributed by atoms with Crippen molar-refractivity contribution in [2.45, 2.75) is 13.0 Å². The third-order valence-corrected chi connectivity index (χ3v) is 5.31. The maximum absolute atomic E-state index is 14.5. The zero-order valence-corrected chi connectivity index (χ0v) is 14.5. The van der Waals surface area contributed by atoms with Gasteiger partial charge >= 0.3 is 0 Å². The van der Waals surface area contributed by atoms with Gasteiger partial charge in [-0.15, -0.1) is 0 Å². The lowest BCUT2D eigenvalue weighted by Gasteiger charge is -2.24. The molecule has 0 radical (unpaired) electrons. The Morgan fingerprint density at radius 3 is 2.58 bits per heavy atom. The van der Waals surface area contributed by atoms with Gasteiger partial charge in [-0.25, -0.2) is 9.37 Å². The number of aliphatic hydroxyl groups excluding tert-OH is 1. The molecule has 1 atom stereocenters. The molecule has 2 aromatic carbocycles. The molecule has 4 rings (SSSR count). The normalized spacial score (nSPS) is 17.4. The number of benzene rings is 2. The summed E-state index contributed by atoms with van der Waals surface area (Å²) in [5.41, 5.74) is 0.692. The van der Waals surface area contributed by atoms with Gasteiger partial charge < -0.3 is 5.11 Å². The first-order valence-corrected chi connectivity index (χ1v) is 8.68. The quantitative estimate of drug-likeness (QED) is 0.761. The van der Waals surface area contributed by atoms with Crippen LogP contribution in [0.2, 0.25) is 0 Å². The monoisotopic (exact) mass is 368 g/mol. The second kappa shape index (κ2) is 6.03. The maximum Gasteiger partial charge on any atom is 0.296 e. The van der Waals surface area contributed by atoms with Crippen LogP contribution in [-0.4, -0.2) is 21.8 Å². The van der Waals surface area contributed by atoms with Crippen LogP contribution in [0.25, 0.3) is 10.2 Å². The average Bonchev–Trinajstić information content (AvgIpc) is 3.14. The van der Waals surface area contributed by atoms with Gasteiger partial charge in [0.25, 0.3) is 5.91 Å². The fourth-order valence-electron chi connectivity index (χ4n) is 3.12. The molecule has 1 aromatic heterocycles. The van der Waals surface area contributed by atoms with Crippen molar-refractivity contribution in [1.29, 1.82) is 0 Å². The molecule has 1 aliphatic rings. The van der Waals surface area contributed by atoms with E-state index in [-0.39, 0.29) is 11.1 Å². The van der Waals surface area contributed by atoms with Crippen molar-refractivity contribution in [3.8, 4) is 0 Å². The number of aliphatic hydroxyl groups is 1. The van der Waals surface area contributed by atoms with Crippen molar-refractivity contribution in [2.75, 3.05) is 4.90 Å². The molecule has 5 nitrogen and oxygen atoms in total. The number of Topliss-reactive ketones (excluding diaryl/α,β-unsaturated/α-hetero) is 1. The number of para-hydroxylation sites is 1. The molecule has 1 N–H and O–H groups in total. The van der Waals surface area contributed by atoms with E-state index in [9.17, 15) is 19.1 Å². The van der Waals surface area contributed by atoms with Crippen LogP contribution in [0.5, 0.6) is 0 Å². The summed E-state index contributed by atoms with van der Waals surface area (Å²) in [6, 6.07) is 12.2. The number of amides is 1. The SMILES string of the molecule is CC(=O)C1=C(O)C(=O)N(c2nc3ccccc3s2)C1c1ccccc1F. The maximum atomic E-state index is 14.5. The molecule has 0 fully saturated rings. The molecule has 1 aliphatic heterocycles. The molecule has 0 bridgehead atoms. The third-order valence-electron chi connectivity index (χ3n) is 4.28. The molecule has 0 aliphatic carbocycles. The minimum absolute atomic E-state index is 0.126. The van der Waals surface area contributed by atoms with E-state index < -0.39 is 29.3 Å². The number of anilines is 1. The van der Waals surface area contributed by atoms with Gasteiger partial charge in [0.05, 0.1) is 15.8 Å². The third kappa shape index (κ3) is 2.40. The molecular weight excluding hydrogens is 355 g/mol. The van der Waals surface area contributed by atoms with E-state index in [4.69, 9.17) is 0 Å². The standard InChI is InChI=1S/C19H13FN2O3S/c1-10(23)15-16(11-6-2-3-7-12(11)20)22(18(25)17(15)24)19-21-13-8-4-5-9-14(13)26-19/h2-9,16,24H,1H3. The van der Waals surface area contributed by atoms with E-state index in [0.29, 0.717) is 10.6 Å². The number of ketones is 1. The minimum Gasteiger partial charge on any atom is -0.503 e. The molecule has 1 unspecified atom stereocenters. The number of carbonyl (C=O) groups is 2. The lowest BCUT2D eigenvalue weighted by Crippen LogP contribution is -2.31. The number of rotatable bonds is 3. The highest BCUT2D eigenvalue weighted by Gasteiger charge is 2.45. The number of aromatic nitrogens is 1. The predicted octanol–water partition coefficient (Wildman–Crippen LogP) is 3.92. The largest absolute Gasteiger partial charge is 0.503 e. The molecule has 7 heteroatoms. The molecular formula is C19H13FN2O3S. The summed E-state index contributed by atoms with van der Waals surface area (Å²) in [6.07, 6.45) is 0. The van der Waals surface area contributed by atoms with E-state index in [1.54, 1.807) is 12.1 Å². The topological polar surface area (TPSA) is 70.5 Å². The van der Waals surface area contributed by atoms with E-state index in [1.807, 2.05) is 18.2 Å². The van der Waals surface area contributed by atoms with Gasteiger partial charge in [0.1, 0.15) is 11.9 Å². The highest BCUT2D eigenvalue weighted by atomic mass is 32.1. The van der Waals surface area contributed by atoms with Gasteiger partial charge in [0, 0.05) is 5.56 Å². The van der Waals surface area contributed by atoms with Crippen LogP contribution in [0.15, 0.2) is 59.9 Å². The van der Waals surface area contributed by atoms with Crippen LogP contribution in [-0.2, 0) is 9.59 Å². The first-order chi connectivity index (χ1) is 12.5. The van der Waals surface area contributed by atoms with Crippen molar-refractivity contribution < 1.29 is 19.1 Å². The van der Waals surface area contributed by atoms with Gasteiger partial charge in [-0.1, -0.05) is 41.7 Å². The lowest BCUT2D eigenvalue weighted by atomic mass is 9.96. The van der Waals surface area contributed by atoms with Crippen LogP contribution >= 0.6 is 11.3 Å². The molecule has 0 spiro atoms. The molecule has 26 heavy (non-hydrogen) atoms. The summed E-state index contributed by atoms with van der Waals surface area (Å²) >= 11 is 1.24. The number of fused-ring (bicyclic) bond motifs is 1. The second-order valence-electron chi connectivity index (χ2n) is 5.88. The van der Waals surface area contributed by atoms with Gasteiger partial charge in [0.15, 0.2) is 16.7 Å². The molecule has 0 saturated carbocycles. The smallest absolute Gasteiger partial charge is 0.296 e. The summed E-state index contributed by atoms with van der Waals surface area (Å²) < 4.78 is 15.3. The Morgan fingerprint density at radius 1 is 1.19 bits per heavy atom. The van der Waals surface area contributed by atoms with Crippen LogP contribution in [0, 0.1) is 5.82 Å². The molecule has 2 heterocycles. The van der Waals surface area contributed by atoms with Crippen molar-refractivity contribution in [3.63, 3.8) is 0 Å². The van der Waals surface area contributed by atoms with E-state index >= 15 is 0 Å². The summed E-state index contributed by atoms with van der Waals surface area (Å²) in [5, 5.41) is 10.6. The second-order valence-corrected chi connectivity index (χ2v) is 6.89. The van der Waals surface area contributed by atoms with Crippen molar-refractivity contribution in [2.24, 2.45) is 0 Å². The zero-order chi connectivity index (χ0) is 18.4. The fraction of sp³-hybridized carbons (Fsp3) is 0.105. The fourth-order valence-corrected chi connectivity index (χ4v) is 4.11. The van der Waals surface area contributed by atoms with Crippen molar-refractivity contribution in [3.05, 3.63) is 71.2 Å². The molecule has 3 aromatic rings. The highest BCUT2D eigenvalue weighted by Crippen LogP contribution is 2.43. The Balaban J connectivity index is 1.93. The highest BCUT2D eigenvalue weighted by molar-refractivity contribution is 7.22. The minimum atomic E-state index is -1.05. The predicted molar refractivity (Wildman–Crippen MR) is 96.6 cm³/mol. The van der Waals surface area contributed by atoms with Crippen LogP contribution in [0.3, 0.4) is 0 Å². The summed E-state index contributed by atoms with van der Waals surface area (Å²) in [6.45, 7) is 1.24. The number of halogens is 1. The van der Waals surface area contributed by atoms with Gasteiger partial charge in [-0.2, -0.15) is 0 Å². The summed E-state index contributed by atoms with van der Waals surface area (Å²) in [4.78, 5) is 30.4. The first kappa shape index (κ1) is 16.4. The number of hydrogen-bond donors (Lipinski definition) is 1. The van der Waals surface area contributed by atoms with Crippen molar-refractivity contribution >= 4 is 38.4 Å². The van der Waals surface area contributed by atoms with Crippen molar-refractivity contribution in [1.82, 2.24) is 4.98 Å².